The first kappa shape index (κ1) is 16.2. The van der Waals surface area contributed by atoms with Crippen LogP contribution in [0.2, 0.25) is 0 Å². The SMILES string of the molecule is C=C/C(=c1\c(=C/C)sc2c(=O)n(-c3ccccc3)cnc12)N(C)C. The van der Waals surface area contributed by atoms with Crippen LogP contribution in [0, 0.1) is 0 Å². The molecule has 0 aliphatic carbocycles. The van der Waals surface area contributed by atoms with Gasteiger partial charge in [0.2, 0.25) is 0 Å². The first-order chi connectivity index (χ1) is 11.6. The Morgan fingerprint density at radius 1 is 1.29 bits per heavy atom. The van der Waals surface area contributed by atoms with Gasteiger partial charge in [0, 0.05) is 29.5 Å². The van der Waals surface area contributed by atoms with Crippen molar-refractivity contribution in [3.63, 3.8) is 0 Å². The van der Waals surface area contributed by atoms with Crippen molar-refractivity contribution in [2.24, 2.45) is 0 Å². The van der Waals surface area contributed by atoms with E-state index in [1.54, 1.807) is 17.0 Å². The van der Waals surface area contributed by atoms with E-state index >= 15 is 0 Å². The van der Waals surface area contributed by atoms with Gasteiger partial charge in [-0.15, -0.1) is 11.3 Å². The zero-order valence-electron chi connectivity index (χ0n) is 14.0. The smallest absolute Gasteiger partial charge is 0.275 e. The van der Waals surface area contributed by atoms with Crippen LogP contribution in [-0.2, 0) is 0 Å². The topological polar surface area (TPSA) is 38.1 Å². The summed E-state index contributed by atoms with van der Waals surface area (Å²) in [5.74, 6) is 0. The molecule has 0 unspecified atom stereocenters. The monoisotopic (exact) mass is 337 g/mol. The first-order valence-corrected chi connectivity index (χ1v) is 8.46. The lowest BCUT2D eigenvalue weighted by Crippen LogP contribution is -2.28. The van der Waals surface area contributed by atoms with Crippen LogP contribution in [0.4, 0.5) is 0 Å². The minimum absolute atomic E-state index is 0.0484. The Morgan fingerprint density at radius 3 is 2.58 bits per heavy atom. The number of fused-ring (bicyclic) bond motifs is 1. The van der Waals surface area contributed by atoms with Crippen LogP contribution in [0.15, 0.2) is 54.1 Å². The standard InChI is InChI=1S/C19H19N3OS/c1-5-14(21(3)4)16-15(6-2)24-18-17(16)20-12-22(19(18)23)13-10-8-7-9-11-13/h5-12H,1H2,2-4H3/b15-6+,16-14-. The predicted octanol–water partition coefficient (Wildman–Crippen LogP) is 2.10. The summed E-state index contributed by atoms with van der Waals surface area (Å²) in [7, 11) is 3.93. The number of hydrogen-bond acceptors (Lipinski definition) is 4. The predicted molar refractivity (Wildman–Crippen MR) is 102 cm³/mol. The molecule has 0 amide bonds. The van der Waals surface area contributed by atoms with Crippen molar-refractivity contribution in [3.05, 3.63) is 69.4 Å². The largest absolute Gasteiger partial charge is 0.377 e. The van der Waals surface area contributed by atoms with Gasteiger partial charge in [0.1, 0.15) is 11.0 Å². The molecule has 0 aliphatic rings. The van der Waals surface area contributed by atoms with Gasteiger partial charge >= 0.3 is 0 Å². The number of aromatic nitrogens is 2. The number of hydrogen-bond donors (Lipinski definition) is 0. The van der Waals surface area contributed by atoms with Crippen molar-refractivity contribution in [2.75, 3.05) is 14.1 Å². The summed E-state index contributed by atoms with van der Waals surface area (Å²) in [6, 6.07) is 9.55. The van der Waals surface area contributed by atoms with Gasteiger partial charge in [-0.1, -0.05) is 30.9 Å². The maximum atomic E-state index is 13.0. The highest BCUT2D eigenvalue weighted by atomic mass is 32.1. The fraction of sp³-hybridized carbons (Fsp3) is 0.158. The van der Waals surface area contributed by atoms with E-state index in [2.05, 4.69) is 11.6 Å². The average molecular weight is 337 g/mol. The van der Waals surface area contributed by atoms with Gasteiger partial charge in [-0.25, -0.2) is 4.98 Å². The maximum Gasteiger partial charge on any atom is 0.275 e. The Hall–Kier alpha value is -2.66. The Kier molecular flexibility index (Phi) is 4.36. The van der Waals surface area contributed by atoms with Gasteiger partial charge in [-0.2, -0.15) is 0 Å². The molecule has 0 fully saturated rings. The lowest BCUT2D eigenvalue weighted by atomic mass is 10.2. The van der Waals surface area contributed by atoms with Gasteiger partial charge in [-0.05, 0) is 25.1 Å². The highest BCUT2D eigenvalue weighted by Gasteiger charge is 2.13. The van der Waals surface area contributed by atoms with Gasteiger partial charge in [-0.3, -0.25) is 9.36 Å². The van der Waals surface area contributed by atoms with Crippen LogP contribution >= 0.6 is 11.3 Å². The van der Waals surface area contributed by atoms with E-state index in [-0.39, 0.29) is 5.56 Å². The summed E-state index contributed by atoms with van der Waals surface area (Å²) in [4.78, 5) is 19.6. The second-order valence-electron chi connectivity index (χ2n) is 5.55. The summed E-state index contributed by atoms with van der Waals surface area (Å²) in [5.41, 5.74) is 2.45. The normalized spacial score (nSPS) is 13.2. The minimum atomic E-state index is -0.0484. The lowest BCUT2D eigenvalue weighted by molar-refractivity contribution is 0.592. The van der Waals surface area contributed by atoms with E-state index < -0.39 is 0 Å². The van der Waals surface area contributed by atoms with E-state index in [0.29, 0.717) is 4.70 Å². The number of rotatable bonds is 3. The van der Waals surface area contributed by atoms with Gasteiger partial charge in [0.25, 0.3) is 5.56 Å². The Bertz CT molecular complexity index is 1080. The van der Waals surface area contributed by atoms with E-state index in [4.69, 9.17) is 0 Å². The molecule has 3 rings (SSSR count). The van der Waals surface area contributed by atoms with Crippen molar-refractivity contribution in [1.82, 2.24) is 14.5 Å². The number of thiophene rings is 1. The summed E-state index contributed by atoms with van der Waals surface area (Å²) in [6.07, 6.45) is 5.42. The van der Waals surface area contributed by atoms with Crippen LogP contribution in [-0.4, -0.2) is 28.5 Å². The van der Waals surface area contributed by atoms with E-state index in [1.165, 1.54) is 11.3 Å². The number of para-hydroxylation sites is 1. The molecule has 0 bridgehead atoms. The van der Waals surface area contributed by atoms with Crippen molar-refractivity contribution in [2.45, 2.75) is 6.92 Å². The average Bonchev–Trinajstić information content (AvgIpc) is 2.96. The molecular formula is C19H19N3OS. The molecule has 1 aromatic carbocycles. The number of benzene rings is 1. The summed E-state index contributed by atoms with van der Waals surface area (Å²) < 4.78 is 3.28. The zero-order chi connectivity index (χ0) is 17.3. The molecule has 122 valence electrons. The van der Waals surface area contributed by atoms with Crippen LogP contribution < -0.4 is 15.3 Å². The molecule has 24 heavy (non-hydrogen) atoms. The molecule has 0 atom stereocenters. The van der Waals surface area contributed by atoms with Crippen LogP contribution in [0.5, 0.6) is 0 Å². The Labute approximate surface area is 144 Å². The molecule has 2 heterocycles. The number of likely N-dealkylation sites (N-methyl/N-ethyl adjacent to an activating group) is 1. The third-order valence-electron chi connectivity index (χ3n) is 3.85. The molecule has 3 aromatic rings. The van der Waals surface area contributed by atoms with Crippen molar-refractivity contribution in [3.8, 4) is 5.69 Å². The molecule has 5 heteroatoms. The minimum Gasteiger partial charge on any atom is -0.377 e. The molecule has 0 spiro atoms. The van der Waals surface area contributed by atoms with Crippen LogP contribution in [0.1, 0.15) is 6.92 Å². The van der Waals surface area contributed by atoms with Crippen LogP contribution in [0.25, 0.3) is 27.7 Å². The zero-order valence-corrected chi connectivity index (χ0v) is 14.8. The van der Waals surface area contributed by atoms with Crippen molar-refractivity contribution >= 4 is 33.3 Å². The third-order valence-corrected chi connectivity index (χ3v) is 5.09. The van der Waals surface area contributed by atoms with E-state index in [9.17, 15) is 4.79 Å². The van der Waals surface area contributed by atoms with Crippen LogP contribution in [0.3, 0.4) is 0 Å². The highest BCUT2D eigenvalue weighted by molar-refractivity contribution is 7.16. The van der Waals surface area contributed by atoms with Crippen molar-refractivity contribution < 1.29 is 0 Å². The molecule has 0 aliphatic heterocycles. The first-order valence-electron chi connectivity index (χ1n) is 7.64. The van der Waals surface area contributed by atoms with Gasteiger partial charge in [0.05, 0.1) is 11.2 Å². The Morgan fingerprint density at radius 2 is 2.00 bits per heavy atom. The fourth-order valence-electron chi connectivity index (χ4n) is 2.72. The number of nitrogens with zero attached hydrogens (tertiary/aromatic N) is 3. The summed E-state index contributed by atoms with van der Waals surface area (Å²) in [6.45, 7) is 5.88. The quantitative estimate of drug-likeness (QED) is 0.735. The van der Waals surface area contributed by atoms with Gasteiger partial charge in [0.15, 0.2) is 0 Å². The molecule has 4 nitrogen and oxygen atoms in total. The molecule has 0 N–H and O–H groups in total. The second-order valence-corrected chi connectivity index (χ2v) is 6.60. The highest BCUT2D eigenvalue weighted by Crippen LogP contribution is 2.11. The fourth-order valence-corrected chi connectivity index (χ4v) is 3.79. The molecule has 0 radical (unpaired) electrons. The molecule has 0 saturated heterocycles. The van der Waals surface area contributed by atoms with Crippen molar-refractivity contribution in [1.29, 1.82) is 0 Å². The summed E-state index contributed by atoms with van der Waals surface area (Å²) >= 11 is 1.47. The summed E-state index contributed by atoms with van der Waals surface area (Å²) in [5, 5.41) is 0.967. The third kappa shape index (κ3) is 2.57. The lowest BCUT2D eigenvalue weighted by Gasteiger charge is -2.12. The second kappa shape index (κ2) is 6.45. The van der Waals surface area contributed by atoms with Gasteiger partial charge < -0.3 is 4.90 Å². The molecule has 0 saturated carbocycles. The molecular weight excluding hydrogens is 318 g/mol. The Balaban J connectivity index is 2.47. The molecule has 2 aromatic heterocycles. The van der Waals surface area contributed by atoms with E-state index in [0.717, 1.165) is 26.7 Å². The van der Waals surface area contributed by atoms with E-state index in [1.807, 2.05) is 62.3 Å². The maximum absolute atomic E-state index is 13.0.